The highest BCUT2D eigenvalue weighted by Crippen LogP contribution is 2.33. The van der Waals surface area contributed by atoms with Crippen LogP contribution in [0.15, 0.2) is 12.1 Å². The second-order valence-corrected chi connectivity index (χ2v) is 5.79. The minimum absolute atomic E-state index is 0.272. The highest BCUT2D eigenvalue weighted by Gasteiger charge is 2.30. The molecule has 2 rings (SSSR count). The number of rotatable bonds is 5. The third-order valence-electron chi connectivity index (χ3n) is 4.11. The van der Waals surface area contributed by atoms with E-state index in [9.17, 15) is 0 Å². The highest BCUT2D eigenvalue weighted by molar-refractivity contribution is 5.44. The summed E-state index contributed by atoms with van der Waals surface area (Å²) in [4.78, 5) is 0. The Labute approximate surface area is 122 Å². The Morgan fingerprint density at radius 1 is 1.30 bits per heavy atom. The second kappa shape index (κ2) is 6.59. The van der Waals surface area contributed by atoms with Crippen molar-refractivity contribution < 1.29 is 9.47 Å². The molecule has 20 heavy (non-hydrogen) atoms. The van der Waals surface area contributed by atoms with Crippen LogP contribution in [0.5, 0.6) is 5.75 Å². The van der Waals surface area contributed by atoms with Crippen molar-refractivity contribution in [2.24, 2.45) is 0 Å². The molecule has 3 nitrogen and oxygen atoms in total. The van der Waals surface area contributed by atoms with E-state index in [1.807, 2.05) is 0 Å². The van der Waals surface area contributed by atoms with Crippen LogP contribution in [0.2, 0.25) is 0 Å². The summed E-state index contributed by atoms with van der Waals surface area (Å²) in [6.07, 6.45) is 2.93. The number of likely N-dealkylation sites (N-methyl/N-ethyl adjacent to an activating group) is 1. The molecule has 1 aliphatic rings. The number of aryl methyl sites for hydroxylation is 2. The van der Waals surface area contributed by atoms with Gasteiger partial charge in [0.1, 0.15) is 5.75 Å². The summed E-state index contributed by atoms with van der Waals surface area (Å²) in [6.45, 7) is 9.47. The maximum absolute atomic E-state index is 6.07. The summed E-state index contributed by atoms with van der Waals surface area (Å²) in [6, 6.07) is 4.73. The molecule has 112 valence electrons. The van der Waals surface area contributed by atoms with E-state index in [0.717, 1.165) is 25.1 Å². The van der Waals surface area contributed by atoms with E-state index >= 15 is 0 Å². The summed E-state index contributed by atoms with van der Waals surface area (Å²) in [7, 11) is 1.73. The van der Waals surface area contributed by atoms with E-state index in [0.29, 0.717) is 6.10 Å². The largest absolute Gasteiger partial charge is 0.496 e. The lowest BCUT2D eigenvalue weighted by molar-refractivity contribution is 0.0319. The van der Waals surface area contributed by atoms with Crippen molar-refractivity contribution in [1.82, 2.24) is 5.32 Å². The molecule has 3 atom stereocenters. The maximum atomic E-state index is 6.07. The van der Waals surface area contributed by atoms with Crippen LogP contribution in [0.25, 0.3) is 0 Å². The third kappa shape index (κ3) is 3.15. The average molecular weight is 277 g/mol. The van der Waals surface area contributed by atoms with Crippen molar-refractivity contribution in [2.45, 2.75) is 58.8 Å². The van der Waals surface area contributed by atoms with Gasteiger partial charge in [0.25, 0.3) is 0 Å². The van der Waals surface area contributed by atoms with Gasteiger partial charge in [-0.3, -0.25) is 0 Å². The van der Waals surface area contributed by atoms with Gasteiger partial charge in [-0.2, -0.15) is 0 Å². The Morgan fingerprint density at radius 3 is 2.40 bits per heavy atom. The van der Waals surface area contributed by atoms with Crippen LogP contribution < -0.4 is 10.1 Å². The van der Waals surface area contributed by atoms with Gasteiger partial charge in [-0.15, -0.1) is 0 Å². The Balaban J connectivity index is 2.29. The highest BCUT2D eigenvalue weighted by atomic mass is 16.5. The maximum Gasteiger partial charge on any atom is 0.124 e. The quantitative estimate of drug-likeness (QED) is 0.893. The van der Waals surface area contributed by atoms with Gasteiger partial charge in [-0.1, -0.05) is 19.1 Å². The lowest BCUT2D eigenvalue weighted by Gasteiger charge is -2.26. The normalized spacial score (nSPS) is 23.9. The van der Waals surface area contributed by atoms with E-state index in [-0.39, 0.29) is 12.1 Å². The number of benzene rings is 1. The summed E-state index contributed by atoms with van der Waals surface area (Å²) >= 11 is 0. The summed E-state index contributed by atoms with van der Waals surface area (Å²) < 4.78 is 11.5. The minimum atomic E-state index is 0.272. The lowest BCUT2D eigenvalue weighted by atomic mass is 9.95. The van der Waals surface area contributed by atoms with Crippen LogP contribution in [-0.4, -0.2) is 25.9 Å². The van der Waals surface area contributed by atoms with Crippen LogP contribution in [0.3, 0.4) is 0 Å². The first kappa shape index (κ1) is 15.3. The lowest BCUT2D eigenvalue weighted by Crippen LogP contribution is -2.32. The number of hydrogen-bond donors (Lipinski definition) is 1. The summed E-state index contributed by atoms with van der Waals surface area (Å²) in [5.41, 5.74) is 3.69. The van der Waals surface area contributed by atoms with Gasteiger partial charge in [0, 0.05) is 0 Å². The molecule has 0 saturated carbocycles. The summed E-state index contributed by atoms with van der Waals surface area (Å²) in [5, 5.41) is 3.59. The molecule has 1 heterocycles. The zero-order valence-corrected chi connectivity index (χ0v) is 13.3. The Morgan fingerprint density at radius 2 is 1.95 bits per heavy atom. The molecule has 0 spiro atoms. The topological polar surface area (TPSA) is 30.5 Å². The first-order valence-electron chi connectivity index (χ1n) is 7.60. The summed E-state index contributed by atoms with van der Waals surface area (Å²) in [5.74, 6) is 0.990. The molecule has 1 aliphatic heterocycles. The molecule has 0 aliphatic carbocycles. The molecular weight excluding hydrogens is 250 g/mol. The van der Waals surface area contributed by atoms with Crippen molar-refractivity contribution in [3.05, 3.63) is 28.8 Å². The Hall–Kier alpha value is -1.06. The van der Waals surface area contributed by atoms with Gasteiger partial charge in [-0.05, 0) is 56.8 Å². The SMILES string of the molecule is CCNC(c1cc(C)c(OC)c(C)c1)C1CCC(C)O1. The fourth-order valence-electron chi connectivity index (χ4n) is 3.25. The first-order valence-corrected chi connectivity index (χ1v) is 7.60. The smallest absolute Gasteiger partial charge is 0.124 e. The number of hydrogen-bond acceptors (Lipinski definition) is 3. The zero-order valence-electron chi connectivity index (χ0n) is 13.3. The van der Waals surface area contributed by atoms with E-state index in [2.05, 4.69) is 45.1 Å². The molecule has 3 heteroatoms. The predicted molar refractivity (Wildman–Crippen MR) is 82.5 cm³/mol. The van der Waals surface area contributed by atoms with Gasteiger partial charge in [0.2, 0.25) is 0 Å². The van der Waals surface area contributed by atoms with Crippen molar-refractivity contribution in [3.63, 3.8) is 0 Å². The molecule has 0 bridgehead atoms. The molecule has 0 radical (unpaired) electrons. The number of methoxy groups -OCH3 is 1. The fourth-order valence-corrected chi connectivity index (χ4v) is 3.25. The minimum Gasteiger partial charge on any atom is -0.496 e. The van der Waals surface area contributed by atoms with Crippen molar-refractivity contribution in [3.8, 4) is 5.75 Å². The third-order valence-corrected chi connectivity index (χ3v) is 4.11. The molecule has 3 unspecified atom stereocenters. The molecule has 1 saturated heterocycles. The molecule has 1 N–H and O–H groups in total. The van der Waals surface area contributed by atoms with Crippen LogP contribution >= 0.6 is 0 Å². The molecular formula is C17H27NO2. The van der Waals surface area contributed by atoms with E-state index in [1.54, 1.807) is 7.11 Å². The zero-order chi connectivity index (χ0) is 14.7. The van der Waals surface area contributed by atoms with Gasteiger partial charge >= 0.3 is 0 Å². The van der Waals surface area contributed by atoms with Crippen LogP contribution in [0, 0.1) is 13.8 Å². The first-order chi connectivity index (χ1) is 9.56. The van der Waals surface area contributed by atoms with E-state index < -0.39 is 0 Å². The second-order valence-electron chi connectivity index (χ2n) is 5.79. The van der Waals surface area contributed by atoms with Gasteiger partial charge in [0.15, 0.2) is 0 Å². The Bertz CT molecular complexity index is 435. The van der Waals surface area contributed by atoms with Crippen LogP contribution in [-0.2, 0) is 4.74 Å². The average Bonchev–Trinajstić information content (AvgIpc) is 2.82. The molecule has 1 aromatic rings. The van der Waals surface area contributed by atoms with Gasteiger partial charge in [-0.25, -0.2) is 0 Å². The van der Waals surface area contributed by atoms with Crippen LogP contribution in [0.4, 0.5) is 0 Å². The standard InChI is InChI=1S/C17H27NO2/c1-6-18-16(15-8-7-13(4)20-15)14-9-11(2)17(19-5)12(3)10-14/h9-10,13,15-16,18H,6-8H2,1-5H3. The Kier molecular flexibility index (Phi) is 5.06. The van der Waals surface area contributed by atoms with E-state index in [1.165, 1.54) is 16.7 Å². The molecule has 1 fully saturated rings. The monoisotopic (exact) mass is 277 g/mol. The molecule has 0 amide bonds. The van der Waals surface area contributed by atoms with Crippen molar-refractivity contribution in [2.75, 3.05) is 13.7 Å². The molecule has 0 aromatic heterocycles. The van der Waals surface area contributed by atoms with Gasteiger partial charge in [0.05, 0.1) is 25.4 Å². The number of ether oxygens (including phenoxy) is 2. The van der Waals surface area contributed by atoms with E-state index in [4.69, 9.17) is 9.47 Å². The van der Waals surface area contributed by atoms with Crippen molar-refractivity contribution in [1.29, 1.82) is 0 Å². The van der Waals surface area contributed by atoms with Crippen molar-refractivity contribution >= 4 is 0 Å². The predicted octanol–water partition coefficient (Wildman–Crippen LogP) is 3.53. The van der Waals surface area contributed by atoms with Gasteiger partial charge < -0.3 is 14.8 Å². The fraction of sp³-hybridized carbons (Fsp3) is 0.647. The number of nitrogens with one attached hydrogen (secondary N) is 1. The molecule has 1 aromatic carbocycles. The van der Waals surface area contributed by atoms with Crippen LogP contribution in [0.1, 0.15) is 49.4 Å².